The maximum atomic E-state index is 12.6. The first kappa shape index (κ1) is 23.5. The molecule has 1 saturated carbocycles. The molecule has 1 fully saturated rings. The number of carbonyl (C=O) groups excluding carboxylic acids is 3. The molecule has 0 bridgehead atoms. The normalized spacial score (nSPS) is 16.5. The lowest BCUT2D eigenvalue weighted by atomic mass is 9.95. The standard InChI is InChI=1S/C21H29ClN2O4S/c1-14(19(25)23-15-8-4-3-5-9-15)28-21(27)18(12-13-29-2)24-20(26)16-10-6-7-11-17(16)22/h6-7,10-11,14-15,18H,3-5,8-9,12-13H2,1-2H3,(H,23,25)(H,24,26). The van der Waals surface area contributed by atoms with Gasteiger partial charge in [-0.2, -0.15) is 11.8 Å². The second-order valence-electron chi connectivity index (χ2n) is 7.21. The van der Waals surface area contributed by atoms with Crippen molar-refractivity contribution < 1.29 is 19.1 Å². The number of rotatable bonds is 9. The Kier molecular flexibility index (Phi) is 9.81. The Morgan fingerprint density at radius 2 is 1.90 bits per heavy atom. The van der Waals surface area contributed by atoms with E-state index in [2.05, 4.69) is 10.6 Å². The molecular weight excluding hydrogens is 412 g/mol. The van der Waals surface area contributed by atoms with Crippen molar-refractivity contribution in [3.05, 3.63) is 34.9 Å². The van der Waals surface area contributed by atoms with Crippen LogP contribution in [0, 0.1) is 0 Å². The van der Waals surface area contributed by atoms with Crippen LogP contribution in [0.15, 0.2) is 24.3 Å². The molecule has 0 radical (unpaired) electrons. The van der Waals surface area contributed by atoms with Gasteiger partial charge >= 0.3 is 5.97 Å². The molecule has 1 aromatic rings. The predicted molar refractivity (Wildman–Crippen MR) is 116 cm³/mol. The molecule has 2 atom stereocenters. The van der Waals surface area contributed by atoms with Crippen LogP contribution in [0.25, 0.3) is 0 Å². The molecule has 1 aliphatic carbocycles. The second-order valence-corrected chi connectivity index (χ2v) is 8.60. The number of nitrogens with one attached hydrogen (secondary N) is 2. The fraction of sp³-hybridized carbons (Fsp3) is 0.571. The maximum Gasteiger partial charge on any atom is 0.329 e. The van der Waals surface area contributed by atoms with Gasteiger partial charge in [0.05, 0.1) is 10.6 Å². The van der Waals surface area contributed by atoms with Crippen LogP contribution in [0.1, 0.15) is 55.8 Å². The number of carbonyl (C=O) groups is 3. The van der Waals surface area contributed by atoms with E-state index in [-0.39, 0.29) is 11.9 Å². The van der Waals surface area contributed by atoms with Crippen molar-refractivity contribution in [2.24, 2.45) is 0 Å². The van der Waals surface area contributed by atoms with Crippen molar-refractivity contribution in [2.45, 2.75) is 63.6 Å². The third-order valence-electron chi connectivity index (χ3n) is 4.93. The largest absolute Gasteiger partial charge is 0.451 e. The molecule has 2 N–H and O–H groups in total. The van der Waals surface area contributed by atoms with Gasteiger partial charge in [0.2, 0.25) is 0 Å². The number of ether oxygens (including phenoxy) is 1. The fourth-order valence-electron chi connectivity index (χ4n) is 3.24. The van der Waals surface area contributed by atoms with Gasteiger partial charge in [-0.3, -0.25) is 9.59 Å². The van der Waals surface area contributed by atoms with Gasteiger partial charge in [0.15, 0.2) is 6.10 Å². The Hall–Kier alpha value is -1.73. The summed E-state index contributed by atoms with van der Waals surface area (Å²) < 4.78 is 5.37. The number of thioether (sulfide) groups is 1. The van der Waals surface area contributed by atoms with Crippen LogP contribution in [-0.4, -0.2) is 48.0 Å². The molecule has 0 aliphatic heterocycles. The van der Waals surface area contributed by atoms with E-state index in [0.29, 0.717) is 22.8 Å². The third kappa shape index (κ3) is 7.55. The summed E-state index contributed by atoms with van der Waals surface area (Å²) in [6.07, 6.45) is 6.70. The van der Waals surface area contributed by atoms with Gasteiger partial charge in [-0.25, -0.2) is 4.79 Å². The Morgan fingerprint density at radius 1 is 1.21 bits per heavy atom. The van der Waals surface area contributed by atoms with E-state index in [0.717, 1.165) is 25.7 Å². The zero-order valence-electron chi connectivity index (χ0n) is 16.9. The molecule has 0 aromatic heterocycles. The summed E-state index contributed by atoms with van der Waals surface area (Å²) in [5.74, 6) is -0.708. The molecule has 2 rings (SSSR count). The molecule has 6 nitrogen and oxygen atoms in total. The van der Waals surface area contributed by atoms with Crippen molar-refractivity contribution >= 4 is 41.1 Å². The monoisotopic (exact) mass is 440 g/mol. The Labute approximate surface area is 181 Å². The fourth-order valence-corrected chi connectivity index (χ4v) is 3.93. The van der Waals surface area contributed by atoms with Gasteiger partial charge in [0.1, 0.15) is 6.04 Å². The lowest BCUT2D eigenvalue weighted by molar-refractivity contribution is -0.157. The maximum absolute atomic E-state index is 12.6. The molecule has 29 heavy (non-hydrogen) atoms. The number of hydrogen-bond acceptors (Lipinski definition) is 5. The van der Waals surface area contributed by atoms with E-state index >= 15 is 0 Å². The van der Waals surface area contributed by atoms with Gasteiger partial charge in [-0.1, -0.05) is 43.0 Å². The van der Waals surface area contributed by atoms with Gasteiger partial charge in [-0.05, 0) is 50.3 Å². The van der Waals surface area contributed by atoms with Gasteiger partial charge in [0.25, 0.3) is 11.8 Å². The molecule has 0 spiro atoms. The minimum Gasteiger partial charge on any atom is -0.451 e. The van der Waals surface area contributed by atoms with Crippen molar-refractivity contribution in [3.8, 4) is 0 Å². The summed E-state index contributed by atoms with van der Waals surface area (Å²) in [4.78, 5) is 37.6. The Bertz CT molecular complexity index is 710. The average molecular weight is 441 g/mol. The quantitative estimate of drug-likeness (QED) is 0.573. The minimum absolute atomic E-state index is 0.143. The second kappa shape index (κ2) is 12.1. The number of halogens is 1. The highest BCUT2D eigenvalue weighted by Gasteiger charge is 2.28. The molecule has 1 aliphatic rings. The number of benzene rings is 1. The van der Waals surface area contributed by atoms with Crippen molar-refractivity contribution in [2.75, 3.05) is 12.0 Å². The van der Waals surface area contributed by atoms with Crippen LogP contribution < -0.4 is 10.6 Å². The lowest BCUT2D eigenvalue weighted by Gasteiger charge is -2.25. The first-order chi connectivity index (χ1) is 13.9. The van der Waals surface area contributed by atoms with E-state index in [4.69, 9.17) is 16.3 Å². The summed E-state index contributed by atoms with van der Waals surface area (Å²) in [6, 6.07) is 5.93. The zero-order chi connectivity index (χ0) is 21.2. The van der Waals surface area contributed by atoms with Crippen LogP contribution in [0.5, 0.6) is 0 Å². The smallest absolute Gasteiger partial charge is 0.329 e. The first-order valence-electron chi connectivity index (χ1n) is 9.97. The summed E-state index contributed by atoms with van der Waals surface area (Å²) in [5.41, 5.74) is 0.291. The van der Waals surface area contributed by atoms with Crippen LogP contribution >= 0.6 is 23.4 Å². The van der Waals surface area contributed by atoms with Gasteiger partial charge in [-0.15, -0.1) is 0 Å². The van der Waals surface area contributed by atoms with E-state index in [1.54, 1.807) is 43.0 Å². The summed E-state index contributed by atoms with van der Waals surface area (Å²) in [5, 5.41) is 5.95. The number of hydrogen-bond donors (Lipinski definition) is 2. The van der Waals surface area contributed by atoms with Crippen LogP contribution in [0.3, 0.4) is 0 Å². The molecule has 160 valence electrons. The molecule has 0 saturated heterocycles. The molecule has 1 aromatic carbocycles. The summed E-state index contributed by atoms with van der Waals surface area (Å²) in [7, 11) is 0. The average Bonchev–Trinajstić information content (AvgIpc) is 2.71. The van der Waals surface area contributed by atoms with Gasteiger partial charge < -0.3 is 15.4 Å². The highest BCUT2D eigenvalue weighted by Crippen LogP contribution is 2.18. The minimum atomic E-state index is -0.918. The first-order valence-corrected chi connectivity index (χ1v) is 11.7. The third-order valence-corrected chi connectivity index (χ3v) is 5.91. The molecular formula is C21H29ClN2O4S. The van der Waals surface area contributed by atoms with E-state index < -0.39 is 24.0 Å². The predicted octanol–water partition coefficient (Wildman–Crippen LogP) is 3.57. The van der Waals surface area contributed by atoms with Crippen molar-refractivity contribution in [1.29, 1.82) is 0 Å². The van der Waals surface area contributed by atoms with Crippen molar-refractivity contribution in [3.63, 3.8) is 0 Å². The van der Waals surface area contributed by atoms with E-state index in [1.165, 1.54) is 6.42 Å². The summed E-state index contributed by atoms with van der Waals surface area (Å²) in [6.45, 7) is 1.55. The number of esters is 1. The van der Waals surface area contributed by atoms with E-state index in [9.17, 15) is 14.4 Å². The Morgan fingerprint density at radius 3 is 2.55 bits per heavy atom. The highest BCUT2D eigenvalue weighted by molar-refractivity contribution is 7.98. The van der Waals surface area contributed by atoms with Crippen LogP contribution in [0.4, 0.5) is 0 Å². The Balaban J connectivity index is 1.95. The molecule has 0 heterocycles. The van der Waals surface area contributed by atoms with Gasteiger partial charge in [0, 0.05) is 6.04 Å². The lowest BCUT2D eigenvalue weighted by Crippen LogP contribution is -2.47. The zero-order valence-corrected chi connectivity index (χ0v) is 18.5. The number of amides is 2. The van der Waals surface area contributed by atoms with E-state index in [1.807, 2.05) is 6.26 Å². The topological polar surface area (TPSA) is 84.5 Å². The van der Waals surface area contributed by atoms with Crippen LogP contribution in [0.2, 0.25) is 5.02 Å². The van der Waals surface area contributed by atoms with Crippen molar-refractivity contribution in [1.82, 2.24) is 10.6 Å². The van der Waals surface area contributed by atoms with Crippen LogP contribution in [-0.2, 0) is 14.3 Å². The molecule has 2 amide bonds. The SMILES string of the molecule is CSCCC(NC(=O)c1ccccc1Cl)C(=O)OC(C)C(=O)NC1CCCCC1. The molecule has 8 heteroatoms. The highest BCUT2D eigenvalue weighted by atomic mass is 35.5. The summed E-state index contributed by atoms with van der Waals surface area (Å²) >= 11 is 7.63. The molecule has 2 unspecified atom stereocenters.